The maximum absolute atomic E-state index is 11.1. The van der Waals surface area contributed by atoms with E-state index in [1.165, 1.54) is 0 Å². The van der Waals surface area contributed by atoms with Gasteiger partial charge in [0.25, 0.3) is 0 Å². The molecular formula is C9H18N2O2. The molecule has 1 aliphatic heterocycles. The Labute approximate surface area is 78.9 Å². The predicted molar refractivity (Wildman–Crippen MR) is 50.4 cm³/mol. The molecule has 1 unspecified atom stereocenters. The number of amides is 1. The molecule has 0 aliphatic carbocycles. The number of aliphatic hydroxyl groups is 1. The van der Waals surface area contributed by atoms with Crippen molar-refractivity contribution in [3.63, 3.8) is 0 Å². The molecule has 1 heterocycles. The molecule has 1 aliphatic rings. The number of likely N-dealkylation sites (N-methyl/N-ethyl adjacent to an activating group) is 1. The van der Waals surface area contributed by atoms with Crippen LogP contribution < -0.4 is 5.32 Å². The fraction of sp³-hybridized carbons (Fsp3) is 0.889. The van der Waals surface area contributed by atoms with E-state index in [0.717, 1.165) is 19.5 Å². The summed E-state index contributed by atoms with van der Waals surface area (Å²) in [7, 11) is 2.00. The number of carbonyl (C=O) groups is 1. The van der Waals surface area contributed by atoms with Gasteiger partial charge in [-0.3, -0.25) is 4.79 Å². The van der Waals surface area contributed by atoms with E-state index in [0.29, 0.717) is 19.4 Å². The molecule has 4 nitrogen and oxygen atoms in total. The van der Waals surface area contributed by atoms with Crippen LogP contribution in [0.25, 0.3) is 0 Å². The van der Waals surface area contributed by atoms with Gasteiger partial charge in [0.2, 0.25) is 5.91 Å². The van der Waals surface area contributed by atoms with Gasteiger partial charge in [0.05, 0.1) is 6.10 Å². The Kier molecular flexibility index (Phi) is 4.18. The van der Waals surface area contributed by atoms with Crippen LogP contribution in [0.5, 0.6) is 0 Å². The number of aliphatic hydroxyl groups excluding tert-OH is 1. The fourth-order valence-electron chi connectivity index (χ4n) is 1.40. The van der Waals surface area contributed by atoms with E-state index in [4.69, 9.17) is 0 Å². The third-order valence-corrected chi connectivity index (χ3v) is 2.36. The van der Waals surface area contributed by atoms with Crippen molar-refractivity contribution in [2.75, 3.05) is 26.7 Å². The van der Waals surface area contributed by atoms with Crippen molar-refractivity contribution >= 4 is 5.91 Å². The second-order valence-electron chi connectivity index (χ2n) is 3.63. The highest BCUT2D eigenvalue weighted by Crippen LogP contribution is 2.03. The summed E-state index contributed by atoms with van der Waals surface area (Å²) in [5, 5.41) is 12.3. The number of hydrogen-bond donors (Lipinski definition) is 2. The molecule has 0 aromatic heterocycles. The highest BCUT2D eigenvalue weighted by Gasteiger charge is 2.11. The predicted octanol–water partition coefficient (Wildman–Crippen LogP) is -0.421. The Bertz CT molecular complexity index is 173. The standard InChI is InChI=1S/C9H18N2O2/c1-11-6-4-8(12)2-3-9(13)10-5-7-11/h8,12H,2-7H2,1H3,(H,10,13). The first kappa shape index (κ1) is 10.5. The molecule has 0 aromatic carbocycles. The summed E-state index contributed by atoms with van der Waals surface area (Å²) in [6.45, 7) is 2.47. The fourth-order valence-corrected chi connectivity index (χ4v) is 1.40. The third kappa shape index (κ3) is 4.24. The van der Waals surface area contributed by atoms with Gasteiger partial charge in [-0.05, 0) is 19.9 Å². The van der Waals surface area contributed by atoms with E-state index in [-0.39, 0.29) is 12.0 Å². The topological polar surface area (TPSA) is 52.6 Å². The molecule has 0 spiro atoms. The minimum Gasteiger partial charge on any atom is -0.393 e. The third-order valence-electron chi connectivity index (χ3n) is 2.36. The quantitative estimate of drug-likeness (QED) is 0.540. The van der Waals surface area contributed by atoms with Gasteiger partial charge in [-0.2, -0.15) is 0 Å². The Balaban J connectivity index is 2.37. The molecule has 0 bridgehead atoms. The van der Waals surface area contributed by atoms with Crippen LogP contribution in [0.15, 0.2) is 0 Å². The molecule has 13 heavy (non-hydrogen) atoms. The highest BCUT2D eigenvalue weighted by atomic mass is 16.3. The molecule has 1 atom stereocenters. The minimum absolute atomic E-state index is 0.0503. The second-order valence-corrected chi connectivity index (χ2v) is 3.63. The summed E-state index contributed by atoms with van der Waals surface area (Å²) < 4.78 is 0. The van der Waals surface area contributed by atoms with E-state index >= 15 is 0 Å². The first-order chi connectivity index (χ1) is 6.18. The van der Waals surface area contributed by atoms with Gasteiger partial charge < -0.3 is 15.3 Å². The van der Waals surface area contributed by atoms with E-state index in [1.807, 2.05) is 7.05 Å². The molecule has 1 fully saturated rings. The van der Waals surface area contributed by atoms with Crippen LogP contribution in [-0.4, -0.2) is 48.7 Å². The van der Waals surface area contributed by atoms with Gasteiger partial charge in [-0.1, -0.05) is 0 Å². The summed E-state index contributed by atoms with van der Waals surface area (Å²) in [6.07, 6.45) is 1.47. The Hall–Kier alpha value is -0.610. The molecular weight excluding hydrogens is 168 g/mol. The molecule has 1 saturated heterocycles. The Morgan fingerprint density at radius 1 is 1.46 bits per heavy atom. The summed E-state index contributed by atoms with van der Waals surface area (Å²) in [5.41, 5.74) is 0. The normalized spacial score (nSPS) is 28.2. The molecule has 2 N–H and O–H groups in total. The summed E-state index contributed by atoms with van der Waals surface area (Å²) in [6, 6.07) is 0. The van der Waals surface area contributed by atoms with Gasteiger partial charge in [0.15, 0.2) is 0 Å². The highest BCUT2D eigenvalue weighted by molar-refractivity contribution is 5.75. The van der Waals surface area contributed by atoms with Crippen molar-refractivity contribution < 1.29 is 9.90 Å². The van der Waals surface area contributed by atoms with Crippen molar-refractivity contribution in [2.24, 2.45) is 0 Å². The molecule has 0 saturated carbocycles. The lowest BCUT2D eigenvalue weighted by Crippen LogP contribution is -2.36. The van der Waals surface area contributed by atoms with Gasteiger partial charge >= 0.3 is 0 Å². The molecule has 0 aromatic rings. The van der Waals surface area contributed by atoms with E-state index in [2.05, 4.69) is 10.2 Å². The average molecular weight is 186 g/mol. The van der Waals surface area contributed by atoms with Crippen LogP contribution in [-0.2, 0) is 4.79 Å². The maximum Gasteiger partial charge on any atom is 0.220 e. The number of hydrogen-bond acceptors (Lipinski definition) is 3. The number of carbonyl (C=O) groups excluding carboxylic acids is 1. The first-order valence-electron chi connectivity index (χ1n) is 4.82. The zero-order chi connectivity index (χ0) is 9.68. The van der Waals surface area contributed by atoms with Crippen molar-refractivity contribution in [3.05, 3.63) is 0 Å². The second kappa shape index (κ2) is 5.19. The zero-order valence-electron chi connectivity index (χ0n) is 8.12. The minimum atomic E-state index is -0.328. The van der Waals surface area contributed by atoms with Crippen LogP contribution in [0.1, 0.15) is 19.3 Å². The van der Waals surface area contributed by atoms with Crippen molar-refractivity contribution in [1.82, 2.24) is 10.2 Å². The van der Waals surface area contributed by atoms with Crippen LogP contribution in [0, 0.1) is 0 Å². The number of rotatable bonds is 0. The van der Waals surface area contributed by atoms with Gasteiger partial charge in [-0.25, -0.2) is 0 Å². The molecule has 1 rings (SSSR count). The number of nitrogens with zero attached hydrogens (tertiary/aromatic N) is 1. The van der Waals surface area contributed by atoms with Crippen molar-refractivity contribution in [1.29, 1.82) is 0 Å². The van der Waals surface area contributed by atoms with E-state index in [9.17, 15) is 9.90 Å². The SMILES string of the molecule is CN1CCNC(=O)CCC(O)CC1. The van der Waals surface area contributed by atoms with E-state index in [1.54, 1.807) is 0 Å². The summed E-state index contributed by atoms with van der Waals surface area (Å²) in [5.74, 6) is 0.0503. The van der Waals surface area contributed by atoms with Crippen molar-refractivity contribution in [3.8, 4) is 0 Å². The monoisotopic (exact) mass is 186 g/mol. The lowest BCUT2D eigenvalue weighted by atomic mass is 10.1. The lowest BCUT2D eigenvalue weighted by Gasteiger charge is -2.20. The molecule has 76 valence electrons. The van der Waals surface area contributed by atoms with Gasteiger partial charge in [0.1, 0.15) is 0 Å². The molecule has 0 radical (unpaired) electrons. The largest absolute Gasteiger partial charge is 0.393 e. The zero-order valence-corrected chi connectivity index (χ0v) is 8.12. The van der Waals surface area contributed by atoms with Crippen LogP contribution in [0.3, 0.4) is 0 Å². The summed E-state index contributed by atoms with van der Waals surface area (Å²) >= 11 is 0. The first-order valence-corrected chi connectivity index (χ1v) is 4.82. The number of nitrogens with one attached hydrogen (secondary N) is 1. The summed E-state index contributed by atoms with van der Waals surface area (Å²) in [4.78, 5) is 13.2. The smallest absolute Gasteiger partial charge is 0.220 e. The van der Waals surface area contributed by atoms with Gasteiger partial charge in [-0.15, -0.1) is 0 Å². The van der Waals surface area contributed by atoms with Gasteiger partial charge in [0, 0.05) is 26.1 Å². The van der Waals surface area contributed by atoms with Crippen LogP contribution in [0.4, 0.5) is 0 Å². The average Bonchev–Trinajstić information content (AvgIpc) is 2.10. The van der Waals surface area contributed by atoms with E-state index < -0.39 is 0 Å². The maximum atomic E-state index is 11.1. The Morgan fingerprint density at radius 2 is 2.23 bits per heavy atom. The Morgan fingerprint density at radius 3 is 3.00 bits per heavy atom. The lowest BCUT2D eigenvalue weighted by molar-refractivity contribution is -0.121. The van der Waals surface area contributed by atoms with Crippen LogP contribution >= 0.6 is 0 Å². The molecule has 1 amide bonds. The van der Waals surface area contributed by atoms with Crippen molar-refractivity contribution in [2.45, 2.75) is 25.4 Å². The van der Waals surface area contributed by atoms with Crippen LogP contribution in [0.2, 0.25) is 0 Å². The molecule has 4 heteroatoms.